The number of Topliss-reactive ketones (excluding diaryl/α,β-unsaturated/α-hetero) is 1. The van der Waals surface area contributed by atoms with Crippen LogP contribution in [0.25, 0.3) is 0 Å². The Morgan fingerprint density at radius 2 is 1.74 bits per heavy atom. The zero-order chi connectivity index (χ0) is 14.6. The standard InChI is InChI=1S/C18H26O/c1-11(2)18(7)10-17(5,6)15-8-12(3)14(13(4)19)9-16(15)18/h8-9,11H,10H2,1-7H3. The van der Waals surface area contributed by atoms with E-state index in [1.807, 2.05) is 0 Å². The predicted octanol–water partition coefficient (Wildman–Crippen LogP) is 4.79. The monoisotopic (exact) mass is 258 g/mol. The molecule has 1 nitrogen and oxygen atoms in total. The third-order valence-corrected chi connectivity index (χ3v) is 5.17. The number of rotatable bonds is 2. The second-order valence-corrected chi connectivity index (χ2v) is 7.40. The Morgan fingerprint density at radius 3 is 2.21 bits per heavy atom. The maximum absolute atomic E-state index is 11.8. The van der Waals surface area contributed by atoms with Crippen molar-refractivity contribution in [3.63, 3.8) is 0 Å². The molecule has 0 saturated heterocycles. The van der Waals surface area contributed by atoms with Crippen molar-refractivity contribution in [1.82, 2.24) is 0 Å². The van der Waals surface area contributed by atoms with Crippen molar-refractivity contribution in [3.05, 3.63) is 34.4 Å². The van der Waals surface area contributed by atoms with Crippen molar-refractivity contribution in [2.45, 2.75) is 65.7 Å². The first-order valence-corrected chi connectivity index (χ1v) is 7.26. The third kappa shape index (κ3) is 2.04. The van der Waals surface area contributed by atoms with Crippen LogP contribution in [-0.4, -0.2) is 5.78 Å². The van der Waals surface area contributed by atoms with Gasteiger partial charge >= 0.3 is 0 Å². The van der Waals surface area contributed by atoms with Crippen molar-refractivity contribution in [1.29, 1.82) is 0 Å². The summed E-state index contributed by atoms with van der Waals surface area (Å²) in [6.45, 7) is 15.3. The van der Waals surface area contributed by atoms with Crippen molar-refractivity contribution in [3.8, 4) is 0 Å². The van der Waals surface area contributed by atoms with Gasteiger partial charge in [0.1, 0.15) is 0 Å². The van der Waals surface area contributed by atoms with Crippen LogP contribution in [-0.2, 0) is 10.8 Å². The van der Waals surface area contributed by atoms with Gasteiger partial charge in [-0.3, -0.25) is 4.79 Å². The Morgan fingerprint density at radius 1 is 1.16 bits per heavy atom. The van der Waals surface area contributed by atoms with Crippen LogP contribution < -0.4 is 0 Å². The molecule has 0 radical (unpaired) electrons. The van der Waals surface area contributed by atoms with E-state index in [1.165, 1.54) is 11.1 Å². The molecule has 0 saturated carbocycles. The summed E-state index contributed by atoms with van der Waals surface area (Å²) in [7, 11) is 0. The first-order valence-electron chi connectivity index (χ1n) is 7.26. The molecule has 0 heterocycles. The minimum Gasteiger partial charge on any atom is -0.295 e. The van der Waals surface area contributed by atoms with Gasteiger partial charge in [-0.25, -0.2) is 0 Å². The third-order valence-electron chi connectivity index (χ3n) is 5.17. The van der Waals surface area contributed by atoms with Gasteiger partial charge in [-0.1, -0.05) is 40.7 Å². The molecule has 1 unspecified atom stereocenters. The largest absolute Gasteiger partial charge is 0.295 e. The van der Waals surface area contributed by atoms with E-state index in [2.05, 4.69) is 53.7 Å². The molecule has 1 aliphatic carbocycles. The van der Waals surface area contributed by atoms with E-state index in [9.17, 15) is 4.79 Å². The Labute approximate surface area is 117 Å². The van der Waals surface area contributed by atoms with Crippen molar-refractivity contribution >= 4 is 5.78 Å². The molecule has 0 N–H and O–H groups in total. The predicted molar refractivity (Wildman–Crippen MR) is 81.0 cm³/mol. The van der Waals surface area contributed by atoms with Crippen LogP contribution in [0.15, 0.2) is 12.1 Å². The second-order valence-electron chi connectivity index (χ2n) is 7.40. The number of ketones is 1. The Kier molecular flexibility index (Phi) is 3.16. The van der Waals surface area contributed by atoms with Gasteiger partial charge in [-0.2, -0.15) is 0 Å². The van der Waals surface area contributed by atoms with Crippen molar-refractivity contribution in [2.75, 3.05) is 0 Å². The van der Waals surface area contributed by atoms with Gasteiger partial charge in [-0.05, 0) is 59.8 Å². The van der Waals surface area contributed by atoms with Crippen molar-refractivity contribution < 1.29 is 4.79 Å². The smallest absolute Gasteiger partial charge is 0.160 e. The quantitative estimate of drug-likeness (QED) is 0.697. The summed E-state index contributed by atoms with van der Waals surface area (Å²) >= 11 is 0. The lowest BCUT2D eigenvalue weighted by atomic mass is 9.72. The second kappa shape index (κ2) is 4.19. The highest BCUT2D eigenvalue weighted by Crippen LogP contribution is 2.53. The molecule has 0 spiro atoms. The molecular formula is C18H26O. The summed E-state index contributed by atoms with van der Waals surface area (Å²) in [6, 6.07) is 4.42. The topological polar surface area (TPSA) is 17.1 Å². The average Bonchev–Trinajstić information content (AvgIpc) is 2.46. The van der Waals surface area contributed by atoms with E-state index in [-0.39, 0.29) is 16.6 Å². The van der Waals surface area contributed by atoms with Crippen LogP contribution in [0.2, 0.25) is 0 Å². The number of hydrogen-bond acceptors (Lipinski definition) is 1. The molecule has 1 aromatic rings. The lowest BCUT2D eigenvalue weighted by molar-refractivity contribution is 0.101. The van der Waals surface area contributed by atoms with Crippen LogP contribution in [0.3, 0.4) is 0 Å². The van der Waals surface area contributed by atoms with Crippen molar-refractivity contribution in [2.24, 2.45) is 5.92 Å². The van der Waals surface area contributed by atoms with Gasteiger partial charge in [-0.15, -0.1) is 0 Å². The van der Waals surface area contributed by atoms with E-state index >= 15 is 0 Å². The molecule has 1 heteroatoms. The maximum Gasteiger partial charge on any atom is 0.160 e. The number of benzene rings is 1. The molecule has 0 aromatic heterocycles. The molecule has 0 amide bonds. The first kappa shape index (κ1) is 14.3. The summed E-state index contributed by atoms with van der Waals surface area (Å²) in [5.41, 5.74) is 5.22. The van der Waals surface area contributed by atoms with Gasteiger partial charge in [0.05, 0.1) is 0 Å². The molecule has 1 aliphatic rings. The molecule has 1 atom stereocenters. The van der Waals surface area contributed by atoms with E-state index < -0.39 is 0 Å². The molecule has 0 aliphatic heterocycles. The molecule has 1 aromatic carbocycles. The summed E-state index contributed by atoms with van der Waals surface area (Å²) in [4.78, 5) is 11.8. The lowest BCUT2D eigenvalue weighted by Crippen LogP contribution is -2.28. The highest BCUT2D eigenvalue weighted by Gasteiger charge is 2.46. The maximum atomic E-state index is 11.8. The zero-order valence-electron chi connectivity index (χ0n) is 13.3. The Balaban J connectivity index is 2.74. The minimum atomic E-state index is 0.177. The SMILES string of the molecule is CC(=O)c1cc2c(cc1C)C(C)(C)CC2(C)C(C)C. The van der Waals surface area contributed by atoms with Gasteiger partial charge in [0.25, 0.3) is 0 Å². The van der Waals surface area contributed by atoms with Gasteiger partial charge in [0, 0.05) is 5.56 Å². The molecule has 19 heavy (non-hydrogen) atoms. The van der Waals surface area contributed by atoms with Gasteiger partial charge in [0.15, 0.2) is 5.78 Å². The first-order chi connectivity index (χ1) is 8.59. The molecule has 2 rings (SSSR count). The highest BCUT2D eigenvalue weighted by atomic mass is 16.1. The van der Waals surface area contributed by atoms with Crippen LogP contribution in [0.1, 0.15) is 75.0 Å². The number of aryl methyl sites for hydroxylation is 1. The van der Waals surface area contributed by atoms with Crippen LogP contribution in [0.5, 0.6) is 0 Å². The number of hydrogen-bond donors (Lipinski definition) is 0. The number of fused-ring (bicyclic) bond motifs is 1. The Hall–Kier alpha value is -1.11. The molecular weight excluding hydrogens is 232 g/mol. The summed E-state index contributed by atoms with van der Waals surface area (Å²) in [5, 5.41) is 0. The molecule has 0 fully saturated rings. The number of carbonyl (C=O) groups is 1. The fourth-order valence-electron chi connectivity index (χ4n) is 3.74. The lowest BCUT2D eigenvalue weighted by Gasteiger charge is -2.32. The van der Waals surface area contributed by atoms with E-state index in [4.69, 9.17) is 0 Å². The normalized spacial score (nSPS) is 24.6. The zero-order valence-corrected chi connectivity index (χ0v) is 13.3. The fourth-order valence-corrected chi connectivity index (χ4v) is 3.74. The minimum absolute atomic E-state index is 0.177. The number of carbonyl (C=O) groups excluding carboxylic acids is 1. The Bertz CT molecular complexity index is 537. The van der Waals surface area contributed by atoms with E-state index in [0.717, 1.165) is 17.5 Å². The average molecular weight is 258 g/mol. The highest BCUT2D eigenvalue weighted by molar-refractivity contribution is 5.96. The molecule has 104 valence electrons. The van der Waals surface area contributed by atoms with Crippen LogP contribution in [0.4, 0.5) is 0 Å². The molecule has 0 bridgehead atoms. The van der Waals surface area contributed by atoms with Gasteiger partial charge < -0.3 is 0 Å². The summed E-state index contributed by atoms with van der Waals surface area (Å²) < 4.78 is 0. The summed E-state index contributed by atoms with van der Waals surface area (Å²) in [5.74, 6) is 0.756. The van der Waals surface area contributed by atoms with E-state index in [0.29, 0.717) is 5.92 Å². The van der Waals surface area contributed by atoms with E-state index in [1.54, 1.807) is 6.92 Å². The van der Waals surface area contributed by atoms with Crippen LogP contribution >= 0.6 is 0 Å². The van der Waals surface area contributed by atoms with Gasteiger partial charge in [0.2, 0.25) is 0 Å². The van der Waals surface area contributed by atoms with Crippen LogP contribution in [0, 0.1) is 12.8 Å². The summed E-state index contributed by atoms with van der Waals surface area (Å²) in [6.07, 6.45) is 1.16. The fraction of sp³-hybridized carbons (Fsp3) is 0.611.